The van der Waals surface area contributed by atoms with E-state index < -0.39 is 0 Å². The van der Waals surface area contributed by atoms with Crippen LogP contribution in [0.15, 0.2) is 72.8 Å². The zero-order valence-electron chi connectivity index (χ0n) is 18.0. The SMILES string of the molecule is COc1ccc(CNC(=O)CN(C)C(c2ccccc2)c2ccc(F)cc2)cc1OC. The fraction of sp³-hybridized carbons (Fsp3) is 0.240. The lowest BCUT2D eigenvalue weighted by molar-refractivity contribution is -0.122. The van der Waals surface area contributed by atoms with E-state index in [-0.39, 0.29) is 24.3 Å². The van der Waals surface area contributed by atoms with E-state index in [4.69, 9.17) is 9.47 Å². The average Bonchev–Trinajstić information content (AvgIpc) is 2.79. The Kier molecular flexibility index (Phi) is 7.62. The maximum absolute atomic E-state index is 13.4. The predicted molar refractivity (Wildman–Crippen MR) is 119 cm³/mol. The van der Waals surface area contributed by atoms with Gasteiger partial charge in [-0.1, -0.05) is 48.5 Å². The first-order valence-electron chi connectivity index (χ1n) is 10.00. The molecular formula is C25H27FN2O3. The summed E-state index contributed by atoms with van der Waals surface area (Å²) >= 11 is 0. The molecule has 3 aromatic rings. The molecule has 0 aromatic heterocycles. The molecule has 3 rings (SSSR count). The highest BCUT2D eigenvalue weighted by molar-refractivity contribution is 5.78. The standard InChI is InChI=1S/C25H27FN2O3/c1-28(17-24(29)27-16-18-9-14-22(30-2)23(15-18)31-3)25(19-7-5-4-6-8-19)20-10-12-21(26)13-11-20/h4-15,25H,16-17H2,1-3H3,(H,27,29). The van der Waals surface area contributed by atoms with Crippen molar-refractivity contribution < 1.29 is 18.7 Å². The molecule has 1 unspecified atom stereocenters. The number of rotatable bonds is 9. The summed E-state index contributed by atoms with van der Waals surface area (Å²) in [5.74, 6) is 0.861. The molecule has 1 N–H and O–H groups in total. The molecule has 0 radical (unpaired) electrons. The first kappa shape index (κ1) is 22.3. The lowest BCUT2D eigenvalue weighted by Crippen LogP contribution is -2.37. The second-order valence-electron chi connectivity index (χ2n) is 7.25. The van der Waals surface area contributed by atoms with Gasteiger partial charge in [-0.3, -0.25) is 9.69 Å². The molecule has 5 nitrogen and oxygen atoms in total. The van der Waals surface area contributed by atoms with Crippen LogP contribution in [-0.4, -0.2) is 38.6 Å². The Morgan fingerprint density at radius 3 is 2.23 bits per heavy atom. The van der Waals surface area contributed by atoms with E-state index >= 15 is 0 Å². The van der Waals surface area contributed by atoms with Crippen molar-refractivity contribution in [1.29, 1.82) is 0 Å². The van der Waals surface area contributed by atoms with Crippen LogP contribution in [0.3, 0.4) is 0 Å². The summed E-state index contributed by atoms with van der Waals surface area (Å²) in [5.41, 5.74) is 2.86. The predicted octanol–water partition coefficient (Wildman–Crippen LogP) is 4.18. The van der Waals surface area contributed by atoms with Gasteiger partial charge in [0.15, 0.2) is 11.5 Å². The Morgan fingerprint density at radius 1 is 0.935 bits per heavy atom. The normalized spacial score (nSPS) is 11.8. The number of methoxy groups -OCH3 is 2. The van der Waals surface area contributed by atoms with Gasteiger partial charge in [0.25, 0.3) is 0 Å². The Hall–Kier alpha value is -3.38. The van der Waals surface area contributed by atoms with Crippen molar-refractivity contribution in [2.24, 2.45) is 0 Å². The molecule has 1 amide bonds. The van der Waals surface area contributed by atoms with Gasteiger partial charge in [-0.05, 0) is 48.0 Å². The number of halogens is 1. The van der Waals surface area contributed by atoms with Gasteiger partial charge in [-0.25, -0.2) is 4.39 Å². The fourth-order valence-electron chi connectivity index (χ4n) is 3.55. The summed E-state index contributed by atoms with van der Waals surface area (Å²) in [6.45, 7) is 0.559. The number of nitrogens with one attached hydrogen (secondary N) is 1. The van der Waals surface area contributed by atoms with Crippen LogP contribution < -0.4 is 14.8 Å². The molecule has 0 heterocycles. The summed E-state index contributed by atoms with van der Waals surface area (Å²) in [6, 6.07) is 21.6. The topological polar surface area (TPSA) is 50.8 Å². The van der Waals surface area contributed by atoms with Crippen molar-refractivity contribution in [1.82, 2.24) is 10.2 Å². The zero-order valence-corrected chi connectivity index (χ0v) is 18.0. The van der Waals surface area contributed by atoms with E-state index in [0.717, 1.165) is 16.7 Å². The fourth-order valence-corrected chi connectivity index (χ4v) is 3.55. The maximum atomic E-state index is 13.4. The van der Waals surface area contributed by atoms with Crippen LogP contribution in [-0.2, 0) is 11.3 Å². The lowest BCUT2D eigenvalue weighted by atomic mass is 9.97. The van der Waals surface area contributed by atoms with Gasteiger partial charge in [-0.15, -0.1) is 0 Å². The van der Waals surface area contributed by atoms with Crippen LogP contribution in [0, 0.1) is 5.82 Å². The van der Waals surface area contributed by atoms with E-state index in [1.54, 1.807) is 26.4 Å². The summed E-state index contributed by atoms with van der Waals surface area (Å²) in [6.07, 6.45) is 0. The molecular weight excluding hydrogens is 395 g/mol. The number of nitrogens with zero attached hydrogens (tertiary/aromatic N) is 1. The van der Waals surface area contributed by atoms with Gasteiger partial charge in [0.2, 0.25) is 5.91 Å². The molecule has 0 aliphatic rings. The third kappa shape index (κ3) is 5.83. The lowest BCUT2D eigenvalue weighted by Gasteiger charge is -2.28. The van der Waals surface area contributed by atoms with Crippen molar-refractivity contribution in [3.05, 3.63) is 95.3 Å². The first-order valence-corrected chi connectivity index (χ1v) is 10.00. The quantitative estimate of drug-likeness (QED) is 0.562. The Balaban J connectivity index is 1.69. The molecule has 3 aromatic carbocycles. The molecule has 0 aliphatic carbocycles. The first-order chi connectivity index (χ1) is 15.0. The van der Waals surface area contributed by atoms with E-state index in [1.807, 2.05) is 60.5 Å². The third-order valence-corrected chi connectivity index (χ3v) is 5.07. The molecule has 0 spiro atoms. The van der Waals surface area contributed by atoms with E-state index in [0.29, 0.717) is 18.0 Å². The van der Waals surface area contributed by atoms with Gasteiger partial charge in [-0.2, -0.15) is 0 Å². The number of likely N-dealkylation sites (N-methyl/N-ethyl adjacent to an activating group) is 1. The van der Waals surface area contributed by atoms with Gasteiger partial charge in [0.05, 0.1) is 26.8 Å². The monoisotopic (exact) mass is 422 g/mol. The average molecular weight is 423 g/mol. The number of ether oxygens (including phenoxy) is 2. The smallest absolute Gasteiger partial charge is 0.234 e. The van der Waals surface area contributed by atoms with Crippen LogP contribution in [0.4, 0.5) is 4.39 Å². The summed E-state index contributed by atoms with van der Waals surface area (Å²) in [7, 11) is 5.05. The van der Waals surface area contributed by atoms with Crippen molar-refractivity contribution in [2.45, 2.75) is 12.6 Å². The van der Waals surface area contributed by atoms with Gasteiger partial charge in [0, 0.05) is 6.54 Å². The highest BCUT2D eigenvalue weighted by atomic mass is 19.1. The summed E-state index contributed by atoms with van der Waals surface area (Å²) in [5, 5.41) is 2.95. The van der Waals surface area contributed by atoms with Crippen LogP contribution in [0.5, 0.6) is 11.5 Å². The van der Waals surface area contributed by atoms with Crippen molar-refractivity contribution >= 4 is 5.91 Å². The maximum Gasteiger partial charge on any atom is 0.234 e. The highest BCUT2D eigenvalue weighted by Crippen LogP contribution is 2.28. The largest absolute Gasteiger partial charge is 0.493 e. The minimum atomic E-state index is -0.286. The molecule has 0 fully saturated rings. The molecule has 162 valence electrons. The van der Waals surface area contributed by atoms with E-state index in [1.165, 1.54) is 12.1 Å². The summed E-state index contributed by atoms with van der Waals surface area (Å²) < 4.78 is 24.0. The van der Waals surface area contributed by atoms with Crippen LogP contribution >= 0.6 is 0 Å². The van der Waals surface area contributed by atoms with Crippen molar-refractivity contribution in [3.8, 4) is 11.5 Å². The number of hydrogen-bond donors (Lipinski definition) is 1. The molecule has 6 heteroatoms. The number of benzene rings is 3. The highest BCUT2D eigenvalue weighted by Gasteiger charge is 2.21. The Bertz CT molecular complexity index is 993. The van der Waals surface area contributed by atoms with Crippen molar-refractivity contribution in [3.63, 3.8) is 0 Å². The number of carbonyl (C=O) groups is 1. The Labute approximate surface area is 182 Å². The molecule has 0 aliphatic heterocycles. The summed E-state index contributed by atoms with van der Waals surface area (Å²) in [4.78, 5) is 14.6. The van der Waals surface area contributed by atoms with Gasteiger partial charge in [0.1, 0.15) is 5.82 Å². The number of hydrogen-bond acceptors (Lipinski definition) is 4. The van der Waals surface area contributed by atoms with E-state index in [2.05, 4.69) is 5.32 Å². The van der Waals surface area contributed by atoms with Crippen LogP contribution in [0.25, 0.3) is 0 Å². The molecule has 1 atom stereocenters. The second-order valence-corrected chi connectivity index (χ2v) is 7.25. The number of carbonyl (C=O) groups excluding carboxylic acids is 1. The Morgan fingerprint density at radius 2 is 1.58 bits per heavy atom. The van der Waals surface area contributed by atoms with Crippen LogP contribution in [0.2, 0.25) is 0 Å². The zero-order chi connectivity index (χ0) is 22.2. The molecule has 0 bridgehead atoms. The molecule has 31 heavy (non-hydrogen) atoms. The minimum Gasteiger partial charge on any atom is -0.493 e. The number of amides is 1. The van der Waals surface area contributed by atoms with E-state index in [9.17, 15) is 9.18 Å². The van der Waals surface area contributed by atoms with Gasteiger partial charge >= 0.3 is 0 Å². The van der Waals surface area contributed by atoms with Gasteiger partial charge < -0.3 is 14.8 Å². The minimum absolute atomic E-state index is 0.111. The molecule has 0 saturated heterocycles. The second kappa shape index (κ2) is 10.6. The molecule has 0 saturated carbocycles. The van der Waals surface area contributed by atoms with Crippen molar-refractivity contribution in [2.75, 3.05) is 27.8 Å². The third-order valence-electron chi connectivity index (χ3n) is 5.07. The van der Waals surface area contributed by atoms with Crippen LogP contribution in [0.1, 0.15) is 22.7 Å².